The van der Waals surface area contributed by atoms with Crippen LogP contribution >= 0.6 is 11.3 Å². The number of nitrogens with zero attached hydrogens (tertiary/aromatic N) is 1. The predicted octanol–water partition coefficient (Wildman–Crippen LogP) is 16.2. The molecular weight excluding hydrogens is 723 g/mol. The van der Waals surface area contributed by atoms with Gasteiger partial charge in [0.1, 0.15) is 11.2 Å². The van der Waals surface area contributed by atoms with E-state index in [9.17, 15) is 0 Å². The molecule has 0 aliphatic heterocycles. The normalized spacial score (nSPS) is 12.8. The number of thiophene rings is 1. The van der Waals surface area contributed by atoms with Crippen LogP contribution in [0, 0.1) is 0 Å². The first-order valence-corrected chi connectivity index (χ1v) is 20.9. The summed E-state index contributed by atoms with van der Waals surface area (Å²) in [6.45, 7) is 4.43. The van der Waals surface area contributed by atoms with Crippen LogP contribution in [0.4, 0.5) is 0 Å². The van der Waals surface area contributed by atoms with Gasteiger partial charge in [0.15, 0.2) is 0 Å². The zero-order valence-electron chi connectivity index (χ0n) is 32.6. The maximum absolute atomic E-state index is 6.66. The van der Waals surface area contributed by atoms with Gasteiger partial charge in [-0.2, -0.15) is 0 Å². The third-order valence-corrected chi connectivity index (χ3v) is 12.4. The molecule has 0 radical (unpaired) electrons. The molecule has 0 saturated heterocycles. The van der Waals surface area contributed by atoms with Gasteiger partial charge in [0.2, 0.25) is 0 Å². The first-order chi connectivity index (χ1) is 28.6. The van der Waals surface area contributed by atoms with Crippen molar-refractivity contribution in [1.82, 2.24) is 0 Å². The number of furan rings is 1. The smallest absolute Gasteiger partial charge is 0.143 e. The molecule has 0 amide bonds. The molecule has 278 valence electrons. The number of fused-ring (bicyclic) bond motifs is 7. The van der Waals surface area contributed by atoms with E-state index in [2.05, 4.69) is 202 Å². The Kier molecular flexibility index (Phi) is 9.37. The quantitative estimate of drug-likeness (QED) is 0.134. The molecule has 0 aliphatic rings. The summed E-state index contributed by atoms with van der Waals surface area (Å²) < 4.78 is 9.32. The molecule has 0 fully saturated rings. The second-order valence-electron chi connectivity index (χ2n) is 14.9. The number of benzene rings is 8. The first-order valence-electron chi connectivity index (χ1n) is 20.1. The maximum Gasteiger partial charge on any atom is 0.143 e. The van der Waals surface area contributed by atoms with Gasteiger partial charge in [-0.3, -0.25) is 4.99 Å². The van der Waals surface area contributed by atoms with Gasteiger partial charge < -0.3 is 4.42 Å². The molecule has 0 atom stereocenters. The van der Waals surface area contributed by atoms with Gasteiger partial charge in [-0.15, -0.1) is 11.3 Å². The fourth-order valence-electron chi connectivity index (χ4n) is 8.54. The largest absolute Gasteiger partial charge is 0.455 e. The minimum absolute atomic E-state index is 0.725. The van der Waals surface area contributed by atoms with Crippen molar-refractivity contribution in [2.75, 3.05) is 0 Å². The molecule has 0 unspecified atom stereocenters. The van der Waals surface area contributed by atoms with E-state index in [-0.39, 0.29) is 0 Å². The molecular formula is C55H41NOS. The van der Waals surface area contributed by atoms with E-state index in [1.54, 1.807) is 0 Å². The zero-order valence-corrected chi connectivity index (χ0v) is 33.4. The van der Waals surface area contributed by atoms with Gasteiger partial charge in [0.25, 0.3) is 0 Å². The summed E-state index contributed by atoms with van der Waals surface area (Å²) in [6, 6.07) is 62.8. The summed E-state index contributed by atoms with van der Waals surface area (Å²) >= 11 is 1.87. The third-order valence-electron chi connectivity index (χ3n) is 11.1. The standard InChI is InChI=1S/C55H41NOS/c1-3-17-49(56-50(38-20-8-5-9-21-38)35-36(2)34-39-22-12-30-47-45-23-10-11-33-52(45)58-55(39)47)44-28-15-25-41-42(44)26-14-27-43(41)46-29-16-32-51-53(46)48-31-13-24-40(54(48)57-51)37-18-6-4-7-19-37/h4-34H,3,35H2,1-2H3/b36-34-,49-17+,56-50?. The number of rotatable bonds is 9. The number of hydrogen-bond donors (Lipinski definition) is 0. The minimum atomic E-state index is 0.725. The molecule has 8 aromatic carbocycles. The molecule has 2 nitrogen and oxygen atoms in total. The number of aliphatic imine (C=N–C) groups is 1. The molecule has 2 heterocycles. The van der Waals surface area contributed by atoms with Gasteiger partial charge in [0.05, 0.1) is 11.4 Å². The molecule has 0 aliphatic carbocycles. The van der Waals surface area contributed by atoms with Gasteiger partial charge in [-0.25, -0.2) is 0 Å². The second-order valence-corrected chi connectivity index (χ2v) is 16.0. The Balaban J connectivity index is 1.08. The number of hydrogen-bond acceptors (Lipinski definition) is 3. The Morgan fingerprint density at radius 3 is 2.09 bits per heavy atom. The summed E-state index contributed by atoms with van der Waals surface area (Å²) in [5, 5.41) is 7.26. The van der Waals surface area contributed by atoms with E-state index in [4.69, 9.17) is 9.41 Å². The monoisotopic (exact) mass is 763 g/mol. The predicted molar refractivity (Wildman–Crippen MR) is 251 cm³/mol. The van der Waals surface area contributed by atoms with Crippen LogP contribution in [0.25, 0.3) is 86.9 Å². The third kappa shape index (κ3) is 6.44. The van der Waals surface area contributed by atoms with E-state index >= 15 is 0 Å². The lowest BCUT2D eigenvalue weighted by atomic mass is 9.91. The van der Waals surface area contributed by atoms with Crippen LogP contribution in [0.3, 0.4) is 0 Å². The Bertz CT molecular complexity index is 3230. The highest BCUT2D eigenvalue weighted by Crippen LogP contribution is 2.43. The maximum atomic E-state index is 6.66. The van der Waals surface area contributed by atoms with E-state index < -0.39 is 0 Å². The van der Waals surface area contributed by atoms with Crippen LogP contribution in [-0.2, 0) is 0 Å². The summed E-state index contributed by atoms with van der Waals surface area (Å²) in [5.74, 6) is 0. The lowest BCUT2D eigenvalue weighted by Gasteiger charge is -2.14. The molecule has 0 N–H and O–H groups in total. The summed E-state index contributed by atoms with van der Waals surface area (Å²) in [4.78, 5) is 5.58. The second kappa shape index (κ2) is 15.3. The SMILES string of the molecule is CC/C=C(/N=C(C/C(C)=C\c1cccc2c1sc1ccccc12)c1ccccc1)c1cccc2c(-c3cccc4oc5c(-c6ccccc6)cccc5c34)cccc12. The fourth-order valence-corrected chi connectivity index (χ4v) is 9.73. The van der Waals surface area contributed by atoms with E-state index in [1.807, 2.05) is 11.3 Å². The summed E-state index contributed by atoms with van der Waals surface area (Å²) in [5.41, 5.74) is 13.2. The highest BCUT2D eigenvalue weighted by Gasteiger charge is 2.18. The van der Waals surface area contributed by atoms with Crippen LogP contribution in [0.2, 0.25) is 0 Å². The Morgan fingerprint density at radius 1 is 0.586 bits per heavy atom. The Labute approximate surface area is 342 Å². The van der Waals surface area contributed by atoms with Crippen molar-refractivity contribution < 1.29 is 4.42 Å². The van der Waals surface area contributed by atoms with Crippen molar-refractivity contribution in [3.63, 3.8) is 0 Å². The van der Waals surface area contributed by atoms with Crippen molar-refractivity contribution in [2.45, 2.75) is 26.7 Å². The van der Waals surface area contributed by atoms with Crippen molar-refractivity contribution in [2.24, 2.45) is 4.99 Å². The zero-order chi connectivity index (χ0) is 39.0. The molecule has 2 aromatic heterocycles. The molecule has 0 bridgehead atoms. The lowest BCUT2D eigenvalue weighted by molar-refractivity contribution is 0.670. The number of para-hydroxylation sites is 1. The molecule has 3 heteroatoms. The van der Waals surface area contributed by atoms with Crippen molar-refractivity contribution in [1.29, 1.82) is 0 Å². The van der Waals surface area contributed by atoms with Crippen molar-refractivity contribution >= 4 is 81.7 Å². The average molecular weight is 764 g/mol. The highest BCUT2D eigenvalue weighted by atomic mass is 32.1. The molecule has 0 spiro atoms. The first kappa shape index (κ1) is 35.6. The van der Waals surface area contributed by atoms with Crippen LogP contribution in [0.15, 0.2) is 197 Å². The van der Waals surface area contributed by atoms with Gasteiger partial charge in [0, 0.05) is 48.5 Å². The van der Waals surface area contributed by atoms with E-state index in [0.717, 1.165) is 74.0 Å². The Morgan fingerprint density at radius 2 is 1.24 bits per heavy atom. The summed E-state index contributed by atoms with van der Waals surface area (Å²) in [6.07, 6.45) is 6.22. The molecule has 10 rings (SSSR count). The molecule has 10 aromatic rings. The van der Waals surface area contributed by atoms with Crippen molar-refractivity contribution in [3.05, 3.63) is 204 Å². The van der Waals surface area contributed by atoms with Crippen LogP contribution < -0.4 is 0 Å². The van der Waals surface area contributed by atoms with Crippen LogP contribution in [0.5, 0.6) is 0 Å². The van der Waals surface area contributed by atoms with Crippen LogP contribution in [-0.4, -0.2) is 5.71 Å². The summed E-state index contributed by atoms with van der Waals surface area (Å²) in [7, 11) is 0. The van der Waals surface area contributed by atoms with Crippen LogP contribution in [0.1, 0.15) is 43.4 Å². The Hall–Kier alpha value is -6.81. The lowest BCUT2D eigenvalue weighted by Crippen LogP contribution is -2.03. The topological polar surface area (TPSA) is 25.5 Å². The van der Waals surface area contributed by atoms with E-state index in [1.165, 1.54) is 47.6 Å². The average Bonchev–Trinajstić information content (AvgIpc) is 3.86. The highest BCUT2D eigenvalue weighted by molar-refractivity contribution is 7.26. The minimum Gasteiger partial charge on any atom is -0.455 e. The van der Waals surface area contributed by atoms with Gasteiger partial charge in [-0.05, 0) is 64.1 Å². The fraction of sp³-hybridized carbons (Fsp3) is 0.0727. The number of allylic oxidation sites excluding steroid dienone is 2. The van der Waals surface area contributed by atoms with Gasteiger partial charge >= 0.3 is 0 Å². The van der Waals surface area contributed by atoms with Crippen molar-refractivity contribution in [3.8, 4) is 22.3 Å². The van der Waals surface area contributed by atoms with Gasteiger partial charge in [-0.1, -0.05) is 188 Å². The molecule has 0 saturated carbocycles. The van der Waals surface area contributed by atoms with E-state index in [0.29, 0.717) is 0 Å². The molecule has 58 heavy (non-hydrogen) atoms.